The van der Waals surface area contributed by atoms with Crippen molar-refractivity contribution < 1.29 is 4.79 Å². The highest BCUT2D eigenvalue weighted by Gasteiger charge is 2.09. The number of hydrogen-bond donors (Lipinski definition) is 1. The molecule has 1 N–H and O–H groups in total. The SMILES string of the molecule is CCC(CSC)NCC(=O)N(C)CC. The van der Waals surface area contributed by atoms with E-state index in [1.165, 1.54) is 0 Å². The summed E-state index contributed by atoms with van der Waals surface area (Å²) < 4.78 is 0. The third-order valence-electron chi connectivity index (χ3n) is 2.30. The smallest absolute Gasteiger partial charge is 0.236 e. The molecular weight excluding hydrogens is 196 g/mol. The molecule has 3 nitrogen and oxygen atoms in total. The Morgan fingerprint density at radius 3 is 2.57 bits per heavy atom. The van der Waals surface area contributed by atoms with Crippen molar-refractivity contribution >= 4 is 17.7 Å². The average Bonchev–Trinajstić information content (AvgIpc) is 2.22. The lowest BCUT2D eigenvalue weighted by atomic mass is 10.2. The van der Waals surface area contributed by atoms with Crippen molar-refractivity contribution in [2.24, 2.45) is 0 Å². The van der Waals surface area contributed by atoms with E-state index in [1.54, 1.807) is 4.90 Å². The van der Waals surface area contributed by atoms with Gasteiger partial charge in [0.1, 0.15) is 0 Å². The molecule has 0 radical (unpaired) electrons. The maximum atomic E-state index is 11.5. The summed E-state index contributed by atoms with van der Waals surface area (Å²) in [4.78, 5) is 13.2. The van der Waals surface area contributed by atoms with Crippen molar-refractivity contribution in [3.8, 4) is 0 Å². The van der Waals surface area contributed by atoms with Crippen LogP contribution in [0.3, 0.4) is 0 Å². The standard InChI is InChI=1S/C10H22N2OS/c1-5-9(8-14-4)11-7-10(13)12(3)6-2/h9,11H,5-8H2,1-4H3. The summed E-state index contributed by atoms with van der Waals surface area (Å²) >= 11 is 1.81. The Bertz CT molecular complexity index is 164. The number of carbonyl (C=O) groups excluding carboxylic acids is 1. The van der Waals surface area contributed by atoms with Gasteiger partial charge in [-0.2, -0.15) is 11.8 Å². The highest BCUT2D eigenvalue weighted by molar-refractivity contribution is 7.98. The molecular formula is C10H22N2OS. The molecule has 0 saturated carbocycles. The Kier molecular flexibility index (Phi) is 7.99. The zero-order chi connectivity index (χ0) is 11.0. The lowest BCUT2D eigenvalue weighted by Gasteiger charge is -2.19. The highest BCUT2D eigenvalue weighted by atomic mass is 32.2. The predicted molar refractivity (Wildman–Crippen MR) is 63.8 cm³/mol. The first kappa shape index (κ1) is 13.8. The predicted octanol–water partition coefficient (Wildman–Crippen LogP) is 1.20. The molecule has 4 heteroatoms. The number of hydrogen-bond acceptors (Lipinski definition) is 3. The fourth-order valence-electron chi connectivity index (χ4n) is 1.07. The van der Waals surface area contributed by atoms with Crippen LogP contribution in [-0.4, -0.2) is 49.0 Å². The first-order valence-electron chi connectivity index (χ1n) is 5.11. The zero-order valence-corrected chi connectivity index (χ0v) is 10.5. The molecule has 0 aliphatic rings. The number of carbonyl (C=O) groups is 1. The summed E-state index contributed by atoms with van der Waals surface area (Å²) in [6.45, 7) is 5.36. The van der Waals surface area contributed by atoms with Gasteiger partial charge in [0.2, 0.25) is 5.91 Å². The second kappa shape index (κ2) is 8.12. The fourth-order valence-corrected chi connectivity index (χ4v) is 1.82. The molecule has 0 rings (SSSR count). The van der Waals surface area contributed by atoms with Crippen LogP contribution in [0.5, 0.6) is 0 Å². The Balaban J connectivity index is 3.73. The van der Waals surface area contributed by atoms with E-state index in [9.17, 15) is 4.79 Å². The molecule has 0 aromatic rings. The quantitative estimate of drug-likeness (QED) is 0.697. The molecule has 0 aromatic carbocycles. The lowest BCUT2D eigenvalue weighted by Crippen LogP contribution is -2.40. The molecule has 0 aliphatic heterocycles. The number of amides is 1. The molecule has 0 spiro atoms. The lowest BCUT2D eigenvalue weighted by molar-refractivity contribution is -0.128. The van der Waals surface area contributed by atoms with Crippen molar-refractivity contribution in [3.63, 3.8) is 0 Å². The van der Waals surface area contributed by atoms with Crippen LogP contribution in [0.4, 0.5) is 0 Å². The summed E-state index contributed by atoms with van der Waals surface area (Å²) in [6, 6.07) is 0.458. The number of nitrogens with one attached hydrogen (secondary N) is 1. The molecule has 0 heterocycles. The second-order valence-electron chi connectivity index (χ2n) is 3.35. The van der Waals surface area contributed by atoms with E-state index in [0.717, 1.165) is 18.7 Å². The van der Waals surface area contributed by atoms with Crippen molar-refractivity contribution in [3.05, 3.63) is 0 Å². The molecule has 1 atom stereocenters. The van der Waals surface area contributed by atoms with Crippen LogP contribution in [0.15, 0.2) is 0 Å². The van der Waals surface area contributed by atoms with E-state index in [1.807, 2.05) is 25.7 Å². The van der Waals surface area contributed by atoms with Crippen LogP contribution in [0.25, 0.3) is 0 Å². The van der Waals surface area contributed by atoms with E-state index in [0.29, 0.717) is 12.6 Å². The van der Waals surface area contributed by atoms with Gasteiger partial charge in [-0.05, 0) is 19.6 Å². The van der Waals surface area contributed by atoms with E-state index >= 15 is 0 Å². The molecule has 1 amide bonds. The van der Waals surface area contributed by atoms with Gasteiger partial charge >= 0.3 is 0 Å². The Hall–Kier alpha value is -0.220. The maximum Gasteiger partial charge on any atom is 0.236 e. The number of nitrogens with zero attached hydrogens (tertiary/aromatic N) is 1. The monoisotopic (exact) mass is 218 g/mol. The summed E-state index contributed by atoms with van der Waals surface area (Å²) in [6.07, 6.45) is 3.16. The number of likely N-dealkylation sites (N-methyl/N-ethyl adjacent to an activating group) is 1. The molecule has 0 saturated heterocycles. The summed E-state index contributed by atoms with van der Waals surface area (Å²) in [5.74, 6) is 1.24. The largest absolute Gasteiger partial charge is 0.345 e. The van der Waals surface area contributed by atoms with Gasteiger partial charge in [0.15, 0.2) is 0 Å². The third-order valence-corrected chi connectivity index (χ3v) is 3.04. The minimum absolute atomic E-state index is 0.173. The summed E-state index contributed by atoms with van der Waals surface area (Å²) in [7, 11) is 1.83. The van der Waals surface area contributed by atoms with Crippen molar-refractivity contribution in [2.75, 3.05) is 32.1 Å². The average molecular weight is 218 g/mol. The minimum Gasteiger partial charge on any atom is -0.345 e. The van der Waals surface area contributed by atoms with Crippen molar-refractivity contribution in [2.45, 2.75) is 26.3 Å². The van der Waals surface area contributed by atoms with Gasteiger partial charge in [-0.25, -0.2) is 0 Å². The van der Waals surface area contributed by atoms with E-state index in [4.69, 9.17) is 0 Å². The van der Waals surface area contributed by atoms with E-state index in [2.05, 4.69) is 18.5 Å². The number of thioether (sulfide) groups is 1. The van der Waals surface area contributed by atoms with Crippen LogP contribution in [-0.2, 0) is 4.79 Å². The Labute approximate surface area is 91.6 Å². The summed E-state index contributed by atoms with van der Waals surface area (Å²) in [5, 5.41) is 3.27. The van der Waals surface area contributed by atoms with Crippen LogP contribution >= 0.6 is 11.8 Å². The summed E-state index contributed by atoms with van der Waals surface area (Å²) in [5.41, 5.74) is 0. The Morgan fingerprint density at radius 2 is 2.14 bits per heavy atom. The second-order valence-corrected chi connectivity index (χ2v) is 4.26. The molecule has 0 fully saturated rings. The topological polar surface area (TPSA) is 32.3 Å². The minimum atomic E-state index is 0.173. The van der Waals surface area contributed by atoms with Gasteiger partial charge in [-0.3, -0.25) is 4.79 Å². The Morgan fingerprint density at radius 1 is 1.50 bits per heavy atom. The van der Waals surface area contributed by atoms with Crippen molar-refractivity contribution in [1.82, 2.24) is 10.2 Å². The highest BCUT2D eigenvalue weighted by Crippen LogP contribution is 2.00. The molecule has 1 unspecified atom stereocenters. The first-order valence-corrected chi connectivity index (χ1v) is 6.51. The maximum absolute atomic E-state index is 11.5. The first-order chi connectivity index (χ1) is 6.65. The van der Waals surface area contributed by atoms with E-state index in [-0.39, 0.29) is 5.91 Å². The van der Waals surface area contributed by atoms with Crippen molar-refractivity contribution in [1.29, 1.82) is 0 Å². The molecule has 0 aromatic heterocycles. The van der Waals surface area contributed by atoms with Crippen LogP contribution < -0.4 is 5.32 Å². The van der Waals surface area contributed by atoms with Gasteiger partial charge in [0.25, 0.3) is 0 Å². The van der Waals surface area contributed by atoms with E-state index < -0.39 is 0 Å². The molecule has 0 bridgehead atoms. The van der Waals surface area contributed by atoms with Crippen LogP contribution in [0.2, 0.25) is 0 Å². The third kappa shape index (κ3) is 5.50. The molecule has 14 heavy (non-hydrogen) atoms. The fraction of sp³-hybridized carbons (Fsp3) is 0.900. The zero-order valence-electron chi connectivity index (χ0n) is 9.67. The van der Waals surface area contributed by atoms with Gasteiger partial charge < -0.3 is 10.2 Å². The molecule has 84 valence electrons. The normalized spacial score (nSPS) is 12.6. The van der Waals surface area contributed by atoms with Gasteiger partial charge in [0, 0.05) is 25.4 Å². The number of rotatable bonds is 7. The van der Waals surface area contributed by atoms with Gasteiger partial charge in [-0.15, -0.1) is 0 Å². The van der Waals surface area contributed by atoms with Crippen LogP contribution in [0.1, 0.15) is 20.3 Å². The van der Waals surface area contributed by atoms with Gasteiger partial charge in [0.05, 0.1) is 6.54 Å². The molecule has 0 aliphatic carbocycles. The van der Waals surface area contributed by atoms with Gasteiger partial charge in [-0.1, -0.05) is 6.92 Å². The van der Waals surface area contributed by atoms with Crippen LogP contribution in [0, 0.1) is 0 Å².